The number of thiophene rings is 1. The van der Waals surface area contributed by atoms with Crippen LogP contribution < -0.4 is 0 Å². The fraction of sp³-hybridized carbons (Fsp3) is 0.533. The molecule has 1 fully saturated rings. The van der Waals surface area contributed by atoms with E-state index in [1.165, 1.54) is 11.3 Å². The van der Waals surface area contributed by atoms with Crippen molar-refractivity contribution in [3.63, 3.8) is 0 Å². The molecule has 0 spiro atoms. The lowest BCUT2D eigenvalue weighted by atomic mass is 9.95. The number of carbonyl (C=O) groups excluding carboxylic acids is 1. The minimum atomic E-state index is -0.792. The molecule has 2 heterocycles. The molecule has 20 heavy (non-hydrogen) atoms. The van der Waals surface area contributed by atoms with Gasteiger partial charge in [0.15, 0.2) is 0 Å². The van der Waals surface area contributed by atoms with E-state index in [1.54, 1.807) is 11.8 Å². The van der Waals surface area contributed by atoms with Gasteiger partial charge in [0.1, 0.15) is 6.61 Å². The summed E-state index contributed by atoms with van der Waals surface area (Å²) in [5, 5.41) is 18.8. The first-order valence-electron chi connectivity index (χ1n) is 6.65. The normalized spacial score (nSPS) is 22.3. The van der Waals surface area contributed by atoms with Gasteiger partial charge in [-0.1, -0.05) is 11.8 Å². The Hall–Kier alpha value is -1.35. The molecule has 1 aliphatic heterocycles. The lowest BCUT2D eigenvalue weighted by molar-refractivity contribution is -0.0105. The van der Waals surface area contributed by atoms with Gasteiger partial charge in [-0.3, -0.25) is 4.79 Å². The molecule has 1 aromatic heterocycles. The lowest BCUT2D eigenvalue weighted by Crippen LogP contribution is -2.48. The van der Waals surface area contributed by atoms with E-state index < -0.39 is 5.60 Å². The summed E-state index contributed by atoms with van der Waals surface area (Å²) in [5.41, 5.74) is 0.155. The number of hydrogen-bond acceptors (Lipinski definition) is 4. The molecule has 1 aliphatic rings. The Balaban J connectivity index is 2.17. The van der Waals surface area contributed by atoms with Crippen LogP contribution in [0.4, 0.5) is 0 Å². The predicted molar refractivity (Wildman–Crippen MR) is 78.8 cm³/mol. The highest BCUT2D eigenvalue weighted by Gasteiger charge is 2.31. The molecule has 4 nitrogen and oxygen atoms in total. The number of amides is 1. The second-order valence-electron chi connectivity index (χ2n) is 5.41. The van der Waals surface area contributed by atoms with Gasteiger partial charge in [0.2, 0.25) is 0 Å². The maximum absolute atomic E-state index is 12.5. The van der Waals surface area contributed by atoms with E-state index >= 15 is 0 Å². The Morgan fingerprint density at radius 3 is 3.00 bits per heavy atom. The van der Waals surface area contributed by atoms with E-state index in [0.29, 0.717) is 18.0 Å². The first-order valence-corrected chi connectivity index (χ1v) is 7.46. The summed E-state index contributed by atoms with van der Waals surface area (Å²) < 4.78 is 0. The number of hydrogen-bond donors (Lipinski definition) is 2. The van der Waals surface area contributed by atoms with Crippen molar-refractivity contribution in [2.75, 3.05) is 19.7 Å². The van der Waals surface area contributed by atoms with Crippen molar-refractivity contribution in [3.05, 3.63) is 21.4 Å². The minimum Gasteiger partial charge on any atom is -0.388 e. The van der Waals surface area contributed by atoms with Gasteiger partial charge >= 0.3 is 0 Å². The highest BCUT2D eigenvalue weighted by molar-refractivity contribution is 7.14. The van der Waals surface area contributed by atoms with Gasteiger partial charge < -0.3 is 15.1 Å². The number of β-amino-alcohol motifs (C(OH)–C–C–N with tert-alkyl or cyclic N) is 1. The van der Waals surface area contributed by atoms with Crippen molar-refractivity contribution >= 4 is 17.2 Å². The van der Waals surface area contributed by atoms with Crippen LogP contribution in [0.5, 0.6) is 0 Å². The lowest BCUT2D eigenvalue weighted by Gasteiger charge is -2.36. The number of aliphatic hydroxyl groups excluding tert-OH is 1. The highest BCUT2D eigenvalue weighted by Crippen LogP contribution is 2.26. The molecule has 2 N–H and O–H groups in total. The largest absolute Gasteiger partial charge is 0.388 e. The third-order valence-corrected chi connectivity index (χ3v) is 4.51. The quantitative estimate of drug-likeness (QED) is 0.769. The summed E-state index contributed by atoms with van der Waals surface area (Å²) in [4.78, 5) is 15.6. The Kier molecular flexibility index (Phi) is 4.48. The van der Waals surface area contributed by atoms with Crippen LogP contribution in [0.15, 0.2) is 6.07 Å². The van der Waals surface area contributed by atoms with E-state index in [0.717, 1.165) is 23.3 Å². The molecule has 1 atom stereocenters. The number of aryl methyl sites for hydroxylation is 1. The van der Waals surface area contributed by atoms with Crippen molar-refractivity contribution in [3.8, 4) is 11.8 Å². The fourth-order valence-electron chi connectivity index (χ4n) is 2.38. The van der Waals surface area contributed by atoms with E-state index in [4.69, 9.17) is 5.11 Å². The number of piperidine rings is 1. The Labute approximate surface area is 123 Å². The Morgan fingerprint density at radius 2 is 2.35 bits per heavy atom. The zero-order valence-corrected chi connectivity index (χ0v) is 12.6. The van der Waals surface area contributed by atoms with E-state index in [9.17, 15) is 9.90 Å². The molecule has 2 rings (SSSR count). The molecular formula is C15H19NO3S. The number of aliphatic hydroxyl groups is 2. The van der Waals surface area contributed by atoms with Crippen molar-refractivity contribution in [1.29, 1.82) is 0 Å². The second kappa shape index (κ2) is 5.96. The summed E-state index contributed by atoms with van der Waals surface area (Å²) in [6, 6.07) is 1.83. The van der Waals surface area contributed by atoms with Crippen LogP contribution in [-0.4, -0.2) is 46.3 Å². The van der Waals surface area contributed by atoms with Crippen LogP contribution in [0.1, 0.15) is 39.9 Å². The SMILES string of the molecule is Cc1cc(C(=O)N2CCCC(C)(O)C2)sc1C#CCO. The highest BCUT2D eigenvalue weighted by atomic mass is 32.1. The van der Waals surface area contributed by atoms with Gasteiger partial charge in [-0.05, 0) is 38.3 Å². The van der Waals surface area contributed by atoms with Crippen molar-refractivity contribution in [2.24, 2.45) is 0 Å². The van der Waals surface area contributed by atoms with Gasteiger partial charge in [-0.15, -0.1) is 11.3 Å². The van der Waals surface area contributed by atoms with Crippen LogP contribution in [0, 0.1) is 18.8 Å². The second-order valence-corrected chi connectivity index (χ2v) is 6.46. The summed E-state index contributed by atoms with van der Waals surface area (Å²) in [7, 11) is 0. The van der Waals surface area contributed by atoms with E-state index in [1.807, 2.05) is 13.0 Å². The maximum Gasteiger partial charge on any atom is 0.264 e. The zero-order chi connectivity index (χ0) is 14.8. The first kappa shape index (κ1) is 15.0. The van der Waals surface area contributed by atoms with Gasteiger partial charge in [-0.2, -0.15) is 0 Å². The standard InChI is InChI=1S/C15H19NO3S/c1-11-9-13(20-12(11)5-3-8-17)14(18)16-7-4-6-15(2,19)10-16/h9,17,19H,4,6-8,10H2,1-2H3. The summed E-state index contributed by atoms with van der Waals surface area (Å²) in [5.74, 6) is 5.41. The molecular weight excluding hydrogens is 274 g/mol. The van der Waals surface area contributed by atoms with Gasteiger partial charge in [-0.25, -0.2) is 0 Å². The molecule has 108 valence electrons. The molecule has 0 saturated carbocycles. The molecule has 0 aromatic carbocycles. The molecule has 1 saturated heterocycles. The minimum absolute atomic E-state index is 0.0462. The number of nitrogens with zero attached hydrogens (tertiary/aromatic N) is 1. The van der Waals surface area contributed by atoms with Crippen LogP contribution >= 0.6 is 11.3 Å². The molecule has 1 unspecified atom stereocenters. The Morgan fingerprint density at radius 1 is 1.60 bits per heavy atom. The number of rotatable bonds is 1. The van der Waals surface area contributed by atoms with E-state index in [-0.39, 0.29) is 12.5 Å². The van der Waals surface area contributed by atoms with Crippen molar-refractivity contribution < 1.29 is 15.0 Å². The smallest absolute Gasteiger partial charge is 0.264 e. The van der Waals surface area contributed by atoms with Crippen molar-refractivity contribution in [1.82, 2.24) is 4.90 Å². The molecule has 0 bridgehead atoms. The van der Waals surface area contributed by atoms with Gasteiger partial charge in [0.25, 0.3) is 5.91 Å². The number of likely N-dealkylation sites (tertiary alicyclic amines) is 1. The molecule has 0 aliphatic carbocycles. The molecule has 0 radical (unpaired) electrons. The predicted octanol–water partition coefficient (Wildman–Crippen LogP) is 1.39. The van der Waals surface area contributed by atoms with Gasteiger partial charge in [0.05, 0.1) is 15.4 Å². The summed E-state index contributed by atoms with van der Waals surface area (Å²) in [6.45, 7) is 4.55. The van der Waals surface area contributed by atoms with E-state index in [2.05, 4.69) is 11.8 Å². The molecule has 1 amide bonds. The zero-order valence-electron chi connectivity index (χ0n) is 11.8. The fourth-order valence-corrected chi connectivity index (χ4v) is 3.40. The molecule has 1 aromatic rings. The number of carbonyl (C=O) groups is 1. The maximum atomic E-state index is 12.5. The monoisotopic (exact) mass is 293 g/mol. The van der Waals surface area contributed by atoms with Crippen molar-refractivity contribution in [2.45, 2.75) is 32.3 Å². The average molecular weight is 293 g/mol. The summed E-state index contributed by atoms with van der Waals surface area (Å²) >= 11 is 1.34. The van der Waals surface area contributed by atoms with Crippen LogP contribution in [0.25, 0.3) is 0 Å². The third-order valence-electron chi connectivity index (χ3n) is 3.37. The van der Waals surface area contributed by atoms with Crippen LogP contribution in [0.3, 0.4) is 0 Å². The first-order chi connectivity index (χ1) is 9.43. The Bertz CT molecular complexity index is 565. The topological polar surface area (TPSA) is 60.8 Å². The van der Waals surface area contributed by atoms with Crippen LogP contribution in [0.2, 0.25) is 0 Å². The van der Waals surface area contributed by atoms with Gasteiger partial charge in [0, 0.05) is 13.1 Å². The third kappa shape index (κ3) is 3.40. The average Bonchev–Trinajstić information content (AvgIpc) is 2.75. The molecule has 5 heteroatoms. The van der Waals surface area contributed by atoms with Crippen LogP contribution in [-0.2, 0) is 0 Å². The summed E-state index contributed by atoms with van der Waals surface area (Å²) in [6.07, 6.45) is 1.55.